The Morgan fingerprint density at radius 3 is 2.76 bits per heavy atom. The fourth-order valence-corrected chi connectivity index (χ4v) is 2.14. The number of ether oxygens (including phenoxy) is 1. The van der Waals surface area contributed by atoms with E-state index in [-0.39, 0.29) is 23.6 Å². The normalized spacial score (nSPS) is 10.2. The first-order valence-electron chi connectivity index (χ1n) is 5.99. The Labute approximate surface area is 129 Å². The fourth-order valence-electron chi connectivity index (χ4n) is 1.73. The summed E-state index contributed by atoms with van der Waals surface area (Å²) >= 11 is 3.30. The third-order valence-electron chi connectivity index (χ3n) is 2.71. The van der Waals surface area contributed by atoms with Crippen LogP contribution in [-0.4, -0.2) is 15.7 Å². The number of carbonyl (C=O) groups is 1. The Balaban J connectivity index is 2.23. The lowest BCUT2D eigenvalue weighted by Crippen LogP contribution is -2.03. The van der Waals surface area contributed by atoms with Gasteiger partial charge in [0.25, 0.3) is 5.69 Å². The van der Waals surface area contributed by atoms with Crippen LogP contribution >= 0.6 is 15.9 Å². The third-order valence-corrected chi connectivity index (χ3v) is 3.14. The molecule has 1 aromatic heterocycles. The Bertz CT molecular complexity index is 703. The van der Waals surface area contributed by atoms with Crippen LogP contribution in [0, 0.1) is 10.1 Å². The molecule has 0 fully saturated rings. The average Bonchev–Trinajstić information content (AvgIpc) is 2.44. The molecular formula is C14H11BrN2O4. The molecule has 0 bridgehead atoms. The van der Waals surface area contributed by atoms with Crippen LogP contribution in [0.5, 0.6) is 5.75 Å². The maximum absolute atomic E-state index is 11.6. The number of rotatable bonds is 5. The Hall–Kier alpha value is -2.28. The summed E-state index contributed by atoms with van der Waals surface area (Å²) in [6.45, 7) is 1.55. The number of hydrogen-bond acceptors (Lipinski definition) is 5. The summed E-state index contributed by atoms with van der Waals surface area (Å²) in [5.74, 6) is 0.0224. The molecular weight excluding hydrogens is 340 g/mol. The molecule has 0 N–H and O–H groups in total. The molecule has 0 aliphatic carbocycles. The van der Waals surface area contributed by atoms with E-state index in [9.17, 15) is 14.9 Å². The van der Waals surface area contributed by atoms with Crippen molar-refractivity contribution in [2.75, 3.05) is 0 Å². The quantitative estimate of drug-likeness (QED) is 0.468. The van der Waals surface area contributed by atoms with Gasteiger partial charge in [0.05, 0.1) is 10.5 Å². The number of aromatic nitrogens is 1. The smallest absolute Gasteiger partial charge is 0.270 e. The molecule has 0 spiro atoms. The van der Waals surface area contributed by atoms with Crippen LogP contribution < -0.4 is 4.74 Å². The molecule has 7 heteroatoms. The highest BCUT2D eigenvalue weighted by molar-refractivity contribution is 9.10. The van der Waals surface area contributed by atoms with Crippen molar-refractivity contribution >= 4 is 27.4 Å². The summed E-state index contributed by atoms with van der Waals surface area (Å²) in [6, 6.07) is 5.80. The van der Waals surface area contributed by atoms with Gasteiger partial charge in [0.1, 0.15) is 12.4 Å². The largest absolute Gasteiger partial charge is 0.488 e. The zero-order valence-electron chi connectivity index (χ0n) is 11.1. The van der Waals surface area contributed by atoms with Crippen LogP contribution in [0.4, 0.5) is 5.69 Å². The monoisotopic (exact) mass is 350 g/mol. The summed E-state index contributed by atoms with van der Waals surface area (Å²) < 4.78 is 6.39. The number of Topliss-reactive ketones (excluding diaryl/α,β-unsaturated/α-hetero) is 1. The number of pyridine rings is 1. The zero-order chi connectivity index (χ0) is 15.4. The van der Waals surface area contributed by atoms with Crippen molar-refractivity contribution in [1.29, 1.82) is 0 Å². The summed E-state index contributed by atoms with van der Waals surface area (Å²) in [5.41, 5.74) is 0.862. The topological polar surface area (TPSA) is 82.3 Å². The van der Waals surface area contributed by atoms with Crippen LogP contribution in [0.3, 0.4) is 0 Å². The second-order valence-electron chi connectivity index (χ2n) is 4.29. The van der Waals surface area contributed by atoms with Gasteiger partial charge >= 0.3 is 0 Å². The molecule has 6 nitrogen and oxygen atoms in total. The number of nitro benzene ring substituents is 1. The van der Waals surface area contributed by atoms with Gasteiger partial charge in [-0.3, -0.25) is 19.9 Å². The third kappa shape index (κ3) is 3.85. The molecule has 0 saturated heterocycles. The number of nitro groups is 1. The van der Waals surface area contributed by atoms with Crippen LogP contribution in [0.25, 0.3) is 0 Å². The molecule has 1 aromatic carbocycles. The van der Waals surface area contributed by atoms with Crippen LogP contribution in [0.1, 0.15) is 22.8 Å². The van der Waals surface area contributed by atoms with Crippen molar-refractivity contribution < 1.29 is 14.5 Å². The van der Waals surface area contributed by atoms with E-state index in [0.29, 0.717) is 5.75 Å². The zero-order valence-corrected chi connectivity index (χ0v) is 12.7. The standard InChI is InChI=1S/C14H11BrN2O4/c1-9(18)13-5-12(17(19)20)2-3-14(13)21-8-10-4-11(15)7-16-6-10/h2-7H,8H2,1H3. The maximum Gasteiger partial charge on any atom is 0.270 e. The van der Waals surface area contributed by atoms with Crippen molar-refractivity contribution in [3.8, 4) is 5.75 Å². The summed E-state index contributed by atoms with van der Waals surface area (Å²) in [6.07, 6.45) is 3.29. The molecule has 0 amide bonds. The van der Waals surface area contributed by atoms with E-state index < -0.39 is 4.92 Å². The minimum absolute atomic E-state index is 0.142. The molecule has 0 aliphatic heterocycles. The number of ketones is 1. The first-order chi connectivity index (χ1) is 9.97. The molecule has 1 heterocycles. The van der Waals surface area contributed by atoms with E-state index in [1.165, 1.54) is 25.1 Å². The van der Waals surface area contributed by atoms with E-state index >= 15 is 0 Å². The first kappa shape index (κ1) is 15.1. The van der Waals surface area contributed by atoms with Gasteiger partial charge in [0, 0.05) is 34.6 Å². The number of non-ortho nitro benzene ring substituents is 1. The van der Waals surface area contributed by atoms with Crippen LogP contribution in [-0.2, 0) is 6.61 Å². The Morgan fingerprint density at radius 1 is 1.38 bits per heavy atom. The Kier molecular flexibility index (Phi) is 4.64. The van der Waals surface area contributed by atoms with Crippen molar-refractivity contribution in [3.63, 3.8) is 0 Å². The highest BCUT2D eigenvalue weighted by atomic mass is 79.9. The minimum Gasteiger partial charge on any atom is -0.488 e. The van der Waals surface area contributed by atoms with Gasteiger partial charge in [0.2, 0.25) is 0 Å². The molecule has 0 unspecified atom stereocenters. The van der Waals surface area contributed by atoms with E-state index in [1.54, 1.807) is 12.4 Å². The molecule has 108 valence electrons. The Morgan fingerprint density at radius 2 is 2.14 bits per heavy atom. The number of nitrogens with zero attached hydrogens (tertiary/aromatic N) is 2. The second-order valence-corrected chi connectivity index (χ2v) is 5.21. The molecule has 21 heavy (non-hydrogen) atoms. The van der Waals surface area contributed by atoms with Gasteiger partial charge < -0.3 is 4.74 Å². The van der Waals surface area contributed by atoms with Crippen molar-refractivity contribution in [1.82, 2.24) is 4.98 Å². The van der Waals surface area contributed by atoms with Crippen LogP contribution in [0.15, 0.2) is 41.1 Å². The molecule has 2 rings (SSSR count). The van der Waals surface area contributed by atoms with Gasteiger partial charge in [-0.15, -0.1) is 0 Å². The predicted molar refractivity (Wildman–Crippen MR) is 79.4 cm³/mol. The number of hydrogen-bond donors (Lipinski definition) is 0. The molecule has 0 aliphatic rings. The molecule has 2 aromatic rings. The van der Waals surface area contributed by atoms with Crippen molar-refractivity contribution in [3.05, 3.63) is 62.4 Å². The molecule has 0 atom stereocenters. The highest BCUT2D eigenvalue weighted by Gasteiger charge is 2.15. The maximum atomic E-state index is 11.6. The number of halogens is 1. The van der Waals surface area contributed by atoms with E-state index in [4.69, 9.17) is 4.74 Å². The lowest BCUT2D eigenvalue weighted by Gasteiger charge is -2.09. The van der Waals surface area contributed by atoms with Crippen LogP contribution in [0.2, 0.25) is 0 Å². The van der Waals surface area contributed by atoms with E-state index in [1.807, 2.05) is 6.07 Å². The second kappa shape index (κ2) is 6.45. The van der Waals surface area contributed by atoms with Crippen molar-refractivity contribution in [2.45, 2.75) is 13.5 Å². The van der Waals surface area contributed by atoms with E-state index in [2.05, 4.69) is 20.9 Å². The van der Waals surface area contributed by atoms with Gasteiger partial charge in [-0.1, -0.05) is 0 Å². The number of benzene rings is 1. The SMILES string of the molecule is CC(=O)c1cc([N+](=O)[O-])ccc1OCc1cncc(Br)c1. The van der Waals surface area contributed by atoms with Crippen molar-refractivity contribution in [2.24, 2.45) is 0 Å². The molecule has 0 radical (unpaired) electrons. The van der Waals surface area contributed by atoms with E-state index in [0.717, 1.165) is 10.0 Å². The fraction of sp³-hybridized carbons (Fsp3) is 0.143. The highest BCUT2D eigenvalue weighted by Crippen LogP contribution is 2.25. The summed E-state index contributed by atoms with van der Waals surface area (Å²) in [4.78, 5) is 25.8. The summed E-state index contributed by atoms with van der Waals surface area (Å²) in [7, 11) is 0. The number of carbonyl (C=O) groups excluding carboxylic acids is 1. The van der Waals surface area contributed by atoms with Gasteiger partial charge in [-0.2, -0.15) is 0 Å². The predicted octanol–water partition coefficient (Wildman–Crippen LogP) is 3.53. The minimum atomic E-state index is -0.547. The lowest BCUT2D eigenvalue weighted by atomic mass is 10.1. The van der Waals surface area contributed by atoms with Gasteiger partial charge in [0.15, 0.2) is 5.78 Å². The van der Waals surface area contributed by atoms with Gasteiger partial charge in [-0.05, 0) is 35.0 Å². The summed E-state index contributed by atoms with van der Waals surface area (Å²) in [5, 5.41) is 10.7. The first-order valence-corrected chi connectivity index (χ1v) is 6.78. The average molecular weight is 351 g/mol. The molecule has 0 saturated carbocycles. The lowest BCUT2D eigenvalue weighted by molar-refractivity contribution is -0.384. The van der Waals surface area contributed by atoms with Gasteiger partial charge in [-0.25, -0.2) is 0 Å².